The van der Waals surface area contributed by atoms with E-state index < -0.39 is 5.97 Å². The van der Waals surface area contributed by atoms with E-state index in [2.05, 4.69) is 10.1 Å². The number of rotatable bonds is 4. The summed E-state index contributed by atoms with van der Waals surface area (Å²) >= 11 is 0. The summed E-state index contributed by atoms with van der Waals surface area (Å²) in [5.41, 5.74) is 2.75. The first kappa shape index (κ1) is 15.8. The minimum absolute atomic E-state index is 0.00455. The van der Waals surface area contributed by atoms with Gasteiger partial charge < -0.3 is 9.47 Å². The molecule has 25 heavy (non-hydrogen) atoms. The molecule has 2 aromatic heterocycles. The van der Waals surface area contributed by atoms with Crippen LogP contribution >= 0.6 is 0 Å². The van der Waals surface area contributed by atoms with Crippen LogP contribution in [-0.2, 0) is 11.2 Å². The molecule has 0 radical (unpaired) electrons. The highest BCUT2D eigenvalue weighted by atomic mass is 16.5. The zero-order valence-corrected chi connectivity index (χ0v) is 14.0. The average molecular weight is 337 g/mol. The third kappa shape index (κ3) is 3.00. The van der Waals surface area contributed by atoms with Crippen molar-refractivity contribution in [2.75, 3.05) is 6.61 Å². The molecule has 128 valence electrons. The molecule has 1 saturated heterocycles. The summed E-state index contributed by atoms with van der Waals surface area (Å²) in [6, 6.07) is 11.1. The third-order valence-electron chi connectivity index (χ3n) is 4.41. The Balaban J connectivity index is 1.65. The summed E-state index contributed by atoms with van der Waals surface area (Å²) in [6.07, 6.45) is 4.48. The van der Waals surface area contributed by atoms with Crippen LogP contribution in [0.4, 0.5) is 0 Å². The van der Waals surface area contributed by atoms with Gasteiger partial charge in [-0.2, -0.15) is 5.10 Å². The highest BCUT2D eigenvalue weighted by molar-refractivity contribution is 5.90. The van der Waals surface area contributed by atoms with Crippen LogP contribution < -0.4 is 4.74 Å². The lowest BCUT2D eigenvalue weighted by molar-refractivity contribution is 0.0725. The number of benzene rings is 1. The third-order valence-corrected chi connectivity index (χ3v) is 4.41. The number of fused-ring (bicyclic) bond motifs is 1. The number of aromatic nitrogens is 3. The highest BCUT2D eigenvalue weighted by Crippen LogP contribution is 2.28. The number of esters is 1. The fraction of sp³-hybridized carbons (Fsp3) is 0.316. The molecule has 1 atom stereocenters. The lowest BCUT2D eigenvalue weighted by Crippen LogP contribution is -2.11. The van der Waals surface area contributed by atoms with E-state index in [0.29, 0.717) is 11.4 Å². The first-order chi connectivity index (χ1) is 12.3. The van der Waals surface area contributed by atoms with Crippen molar-refractivity contribution in [2.45, 2.75) is 32.3 Å². The maximum Gasteiger partial charge on any atom is 0.364 e. The molecule has 6 nitrogen and oxygen atoms in total. The van der Waals surface area contributed by atoms with E-state index in [0.717, 1.165) is 37.1 Å². The van der Waals surface area contributed by atoms with Gasteiger partial charge >= 0.3 is 5.97 Å². The zero-order chi connectivity index (χ0) is 17.2. The molecule has 1 aliphatic rings. The molecule has 6 heteroatoms. The second-order valence-corrected chi connectivity index (χ2v) is 6.02. The van der Waals surface area contributed by atoms with Crippen LogP contribution in [0.3, 0.4) is 0 Å². The van der Waals surface area contributed by atoms with E-state index in [4.69, 9.17) is 9.47 Å². The van der Waals surface area contributed by atoms with Crippen LogP contribution in [-0.4, -0.2) is 27.2 Å². The van der Waals surface area contributed by atoms with E-state index in [9.17, 15) is 4.79 Å². The van der Waals surface area contributed by atoms with Gasteiger partial charge in [-0.15, -0.1) is 0 Å². The average Bonchev–Trinajstić information content (AvgIpc) is 3.31. The minimum Gasteiger partial charge on any atom is -0.421 e. The van der Waals surface area contributed by atoms with Gasteiger partial charge in [0.2, 0.25) is 0 Å². The Hall–Kier alpha value is -2.73. The number of carbonyl (C=O) groups is 1. The monoisotopic (exact) mass is 337 g/mol. The zero-order valence-electron chi connectivity index (χ0n) is 14.0. The van der Waals surface area contributed by atoms with Crippen molar-refractivity contribution < 1.29 is 14.3 Å². The molecule has 3 aromatic rings. The Morgan fingerprint density at radius 1 is 1.36 bits per heavy atom. The standard InChI is InChI=1S/C19H19N3O3/c1-2-13-6-3-4-7-16(13)25-19(23)14-12-18-20-10-9-15(22(18)21-14)17-8-5-11-24-17/h3-4,6-7,9-10,12,17H,2,5,8,11H2,1H3. The van der Waals surface area contributed by atoms with Gasteiger partial charge in [-0.25, -0.2) is 14.3 Å². The van der Waals surface area contributed by atoms with Gasteiger partial charge in [-0.3, -0.25) is 0 Å². The number of nitrogens with zero attached hydrogens (tertiary/aromatic N) is 3. The predicted octanol–water partition coefficient (Wildman–Crippen LogP) is 3.36. The molecule has 0 saturated carbocycles. The number of para-hydroxylation sites is 1. The van der Waals surface area contributed by atoms with Crippen molar-refractivity contribution in [3.8, 4) is 5.75 Å². The molecule has 1 aliphatic heterocycles. The molecule has 4 rings (SSSR count). The fourth-order valence-corrected chi connectivity index (χ4v) is 3.12. The first-order valence-electron chi connectivity index (χ1n) is 8.52. The molecule has 0 amide bonds. The molecule has 1 fully saturated rings. The van der Waals surface area contributed by atoms with Crippen molar-refractivity contribution in [3.63, 3.8) is 0 Å². The normalized spacial score (nSPS) is 17.1. The summed E-state index contributed by atoms with van der Waals surface area (Å²) in [5.74, 6) is 0.0871. The molecular formula is C19H19N3O3. The summed E-state index contributed by atoms with van der Waals surface area (Å²) < 4.78 is 13.0. The Morgan fingerprint density at radius 3 is 3.04 bits per heavy atom. The number of hydrogen-bond acceptors (Lipinski definition) is 5. The summed E-state index contributed by atoms with van der Waals surface area (Å²) in [6.45, 7) is 2.77. The van der Waals surface area contributed by atoms with Gasteiger partial charge in [-0.05, 0) is 37.0 Å². The second-order valence-electron chi connectivity index (χ2n) is 6.02. The predicted molar refractivity (Wildman–Crippen MR) is 91.7 cm³/mol. The van der Waals surface area contributed by atoms with Crippen LogP contribution in [0.1, 0.15) is 47.6 Å². The van der Waals surface area contributed by atoms with Gasteiger partial charge in [-0.1, -0.05) is 25.1 Å². The van der Waals surface area contributed by atoms with Crippen LogP contribution in [0.5, 0.6) is 5.75 Å². The highest BCUT2D eigenvalue weighted by Gasteiger charge is 2.23. The molecular weight excluding hydrogens is 318 g/mol. The SMILES string of the molecule is CCc1ccccc1OC(=O)c1cc2nccc(C3CCCO3)n2n1. The van der Waals surface area contributed by atoms with Crippen molar-refractivity contribution in [1.29, 1.82) is 0 Å². The molecule has 0 spiro atoms. The van der Waals surface area contributed by atoms with E-state index in [1.165, 1.54) is 0 Å². The van der Waals surface area contributed by atoms with Crippen molar-refractivity contribution in [3.05, 3.63) is 59.5 Å². The van der Waals surface area contributed by atoms with Crippen molar-refractivity contribution in [2.24, 2.45) is 0 Å². The van der Waals surface area contributed by atoms with Crippen LogP contribution in [0.2, 0.25) is 0 Å². The Bertz CT molecular complexity index is 913. The van der Waals surface area contributed by atoms with E-state index in [-0.39, 0.29) is 11.8 Å². The summed E-state index contributed by atoms with van der Waals surface area (Å²) in [7, 11) is 0. The van der Waals surface area contributed by atoms with Gasteiger partial charge in [0, 0.05) is 18.9 Å². The lowest BCUT2D eigenvalue weighted by Gasteiger charge is -2.10. The Morgan fingerprint density at radius 2 is 2.24 bits per heavy atom. The maximum absolute atomic E-state index is 12.5. The van der Waals surface area contributed by atoms with Gasteiger partial charge in [0.05, 0.1) is 11.8 Å². The van der Waals surface area contributed by atoms with Crippen molar-refractivity contribution >= 4 is 11.6 Å². The smallest absolute Gasteiger partial charge is 0.364 e. The first-order valence-corrected chi connectivity index (χ1v) is 8.52. The largest absolute Gasteiger partial charge is 0.421 e. The summed E-state index contributed by atoms with van der Waals surface area (Å²) in [5, 5.41) is 4.41. The van der Waals surface area contributed by atoms with Gasteiger partial charge in [0.25, 0.3) is 0 Å². The van der Waals surface area contributed by atoms with Crippen LogP contribution in [0.25, 0.3) is 5.65 Å². The van der Waals surface area contributed by atoms with E-state index in [1.54, 1.807) is 22.8 Å². The fourth-order valence-electron chi connectivity index (χ4n) is 3.12. The van der Waals surface area contributed by atoms with E-state index >= 15 is 0 Å². The van der Waals surface area contributed by atoms with E-state index in [1.807, 2.05) is 31.2 Å². The van der Waals surface area contributed by atoms with Gasteiger partial charge in [0.15, 0.2) is 11.3 Å². The van der Waals surface area contributed by atoms with Gasteiger partial charge in [0.1, 0.15) is 5.75 Å². The summed E-state index contributed by atoms with van der Waals surface area (Å²) in [4.78, 5) is 16.8. The molecule has 1 unspecified atom stereocenters. The Kier molecular flexibility index (Phi) is 4.19. The Labute approximate surface area is 145 Å². The second kappa shape index (κ2) is 6.64. The number of carbonyl (C=O) groups excluding carboxylic acids is 1. The quantitative estimate of drug-likeness (QED) is 0.539. The topological polar surface area (TPSA) is 65.7 Å². The van der Waals surface area contributed by atoms with Crippen molar-refractivity contribution in [1.82, 2.24) is 14.6 Å². The molecule has 0 bridgehead atoms. The molecule has 0 N–H and O–H groups in total. The maximum atomic E-state index is 12.5. The minimum atomic E-state index is -0.482. The number of ether oxygens (including phenoxy) is 2. The number of aryl methyl sites for hydroxylation is 1. The van der Waals surface area contributed by atoms with Crippen LogP contribution in [0, 0.1) is 0 Å². The molecule has 0 aliphatic carbocycles. The van der Waals surface area contributed by atoms with Crippen LogP contribution in [0.15, 0.2) is 42.6 Å². The lowest BCUT2D eigenvalue weighted by atomic mass is 10.1. The number of hydrogen-bond donors (Lipinski definition) is 0. The molecule has 1 aromatic carbocycles. The molecule has 3 heterocycles.